The summed E-state index contributed by atoms with van der Waals surface area (Å²) in [6.07, 6.45) is 1.73. The maximum atomic E-state index is 13.3. The van der Waals surface area contributed by atoms with Crippen molar-refractivity contribution in [3.63, 3.8) is 0 Å². The van der Waals surface area contributed by atoms with Gasteiger partial charge in [0.25, 0.3) is 0 Å². The molecule has 0 saturated heterocycles. The van der Waals surface area contributed by atoms with Gasteiger partial charge in [-0.1, -0.05) is 12.1 Å². The van der Waals surface area contributed by atoms with Crippen LogP contribution in [-0.2, 0) is 6.54 Å². The van der Waals surface area contributed by atoms with Gasteiger partial charge in [0.2, 0.25) is 0 Å². The lowest BCUT2D eigenvalue weighted by Gasteiger charge is -2.06. The first kappa shape index (κ1) is 10.7. The van der Waals surface area contributed by atoms with E-state index in [1.54, 1.807) is 12.3 Å². The van der Waals surface area contributed by atoms with Crippen molar-refractivity contribution in [1.82, 2.24) is 9.78 Å². The minimum absolute atomic E-state index is 0.182. The third-order valence-corrected chi connectivity index (χ3v) is 2.75. The predicted molar refractivity (Wildman–Crippen MR) is 62.4 cm³/mol. The van der Waals surface area contributed by atoms with Crippen molar-refractivity contribution in [2.75, 3.05) is 5.73 Å². The van der Waals surface area contributed by atoms with Crippen LogP contribution < -0.4 is 5.73 Å². The number of anilines is 1. The molecule has 0 aliphatic heterocycles. The molecule has 16 heavy (non-hydrogen) atoms. The SMILES string of the molecule is CCn1ncc(-c2cccc(F)c2N)c1C. The lowest BCUT2D eigenvalue weighted by atomic mass is 10.0. The Hall–Kier alpha value is -1.84. The maximum Gasteiger partial charge on any atom is 0.146 e. The van der Waals surface area contributed by atoms with Crippen LogP contribution in [0.2, 0.25) is 0 Å². The third-order valence-electron chi connectivity index (χ3n) is 2.75. The first-order valence-electron chi connectivity index (χ1n) is 5.22. The van der Waals surface area contributed by atoms with Crippen LogP contribution in [0.25, 0.3) is 11.1 Å². The number of benzene rings is 1. The molecule has 3 nitrogen and oxygen atoms in total. The van der Waals surface area contributed by atoms with E-state index in [1.807, 2.05) is 24.6 Å². The Bertz CT molecular complexity index is 517. The highest BCUT2D eigenvalue weighted by atomic mass is 19.1. The first-order chi connectivity index (χ1) is 7.65. The molecule has 2 aromatic rings. The zero-order valence-corrected chi connectivity index (χ0v) is 9.37. The molecular formula is C12H14FN3. The molecule has 0 aliphatic rings. The molecule has 0 saturated carbocycles. The van der Waals surface area contributed by atoms with Crippen LogP contribution in [-0.4, -0.2) is 9.78 Å². The van der Waals surface area contributed by atoms with Crippen LogP contribution in [0.1, 0.15) is 12.6 Å². The summed E-state index contributed by atoms with van der Waals surface area (Å²) in [6.45, 7) is 4.76. The van der Waals surface area contributed by atoms with Gasteiger partial charge in [0.1, 0.15) is 5.82 Å². The van der Waals surface area contributed by atoms with E-state index in [1.165, 1.54) is 6.07 Å². The van der Waals surface area contributed by atoms with Crippen molar-refractivity contribution in [3.8, 4) is 11.1 Å². The van der Waals surface area contributed by atoms with Crippen LogP contribution in [0.15, 0.2) is 24.4 Å². The highest BCUT2D eigenvalue weighted by Gasteiger charge is 2.12. The molecule has 0 atom stereocenters. The van der Waals surface area contributed by atoms with Gasteiger partial charge >= 0.3 is 0 Å². The van der Waals surface area contributed by atoms with Crippen molar-refractivity contribution < 1.29 is 4.39 Å². The number of para-hydroxylation sites is 1. The molecule has 0 amide bonds. The van der Waals surface area contributed by atoms with Gasteiger partial charge in [0.15, 0.2) is 0 Å². The monoisotopic (exact) mass is 219 g/mol. The van der Waals surface area contributed by atoms with E-state index in [2.05, 4.69) is 5.10 Å². The van der Waals surface area contributed by atoms with Gasteiger partial charge < -0.3 is 5.73 Å². The summed E-state index contributed by atoms with van der Waals surface area (Å²) in [5.74, 6) is -0.388. The minimum atomic E-state index is -0.388. The molecule has 0 radical (unpaired) electrons. The van der Waals surface area contributed by atoms with Crippen molar-refractivity contribution in [3.05, 3.63) is 35.9 Å². The number of halogens is 1. The van der Waals surface area contributed by atoms with Crippen LogP contribution in [0.3, 0.4) is 0 Å². The number of nitrogen functional groups attached to an aromatic ring is 1. The van der Waals surface area contributed by atoms with Gasteiger partial charge in [0.05, 0.1) is 11.9 Å². The van der Waals surface area contributed by atoms with E-state index in [4.69, 9.17) is 5.73 Å². The Morgan fingerprint density at radius 3 is 2.75 bits per heavy atom. The second kappa shape index (κ2) is 3.96. The number of nitrogens with zero attached hydrogens (tertiary/aromatic N) is 2. The quantitative estimate of drug-likeness (QED) is 0.789. The van der Waals surface area contributed by atoms with E-state index >= 15 is 0 Å². The Balaban J connectivity index is 2.59. The van der Waals surface area contributed by atoms with Gasteiger partial charge in [-0.3, -0.25) is 4.68 Å². The van der Waals surface area contributed by atoms with Crippen molar-refractivity contribution >= 4 is 5.69 Å². The summed E-state index contributed by atoms with van der Waals surface area (Å²) >= 11 is 0. The zero-order chi connectivity index (χ0) is 11.7. The van der Waals surface area contributed by atoms with Gasteiger partial charge in [-0.05, 0) is 19.9 Å². The molecule has 4 heteroatoms. The van der Waals surface area contributed by atoms with Crippen molar-refractivity contribution in [1.29, 1.82) is 0 Å². The number of rotatable bonds is 2. The van der Waals surface area contributed by atoms with Crippen LogP contribution in [0.4, 0.5) is 10.1 Å². The predicted octanol–water partition coefficient (Wildman–Crippen LogP) is 2.60. The first-order valence-corrected chi connectivity index (χ1v) is 5.22. The number of hydrogen-bond donors (Lipinski definition) is 1. The number of nitrogens with two attached hydrogens (primary N) is 1. The fraction of sp³-hybridized carbons (Fsp3) is 0.250. The summed E-state index contributed by atoms with van der Waals surface area (Å²) in [5, 5.41) is 4.22. The highest BCUT2D eigenvalue weighted by Crippen LogP contribution is 2.29. The molecule has 84 valence electrons. The molecular weight excluding hydrogens is 205 g/mol. The average molecular weight is 219 g/mol. The molecule has 0 aliphatic carbocycles. The zero-order valence-electron chi connectivity index (χ0n) is 9.37. The lowest BCUT2D eigenvalue weighted by Crippen LogP contribution is -1.99. The number of aromatic nitrogens is 2. The summed E-state index contributed by atoms with van der Waals surface area (Å²) < 4.78 is 15.2. The van der Waals surface area contributed by atoms with Crippen LogP contribution in [0.5, 0.6) is 0 Å². The van der Waals surface area contributed by atoms with Crippen molar-refractivity contribution in [2.24, 2.45) is 0 Å². The number of hydrogen-bond acceptors (Lipinski definition) is 2. The summed E-state index contributed by atoms with van der Waals surface area (Å²) in [5.41, 5.74) is 8.50. The molecule has 0 bridgehead atoms. The Morgan fingerprint density at radius 2 is 2.12 bits per heavy atom. The second-order valence-electron chi connectivity index (χ2n) is 3.66. The topological polar surface area (TPSA) is 43.8 Å². The molecule has 1 heterocycles. The van der Waals surface area contributed by atoms with Crippen LogP contribution in [0, 0.1) is 12.7 Å². The Labute approximate surface area is 93.7 Å². The largest absolute Gasteiger partial charge is 0.396 e. The molecule has 0 spiro atoms. The fourth-order valence-electron chi connectivity index (χ4n) is 1.80. The van der Waals surface area contributed by atoms with E-state index in [9.17, 15) is 4.39 Å². The molecule has 1 aromatic heterocycles. The molecule has 0 fully saturated rings. The highest BCUT2D eigenvalue weighted by molar-refractivity contribution is 5.77. The van der Waals surface area contributed by atoms with E-state index in [-0.39, 0.29) is 11.5 Å². The van der Waals surface area contributed by atoms with Gasteiger partial charge in [-0.15, -0.1) is 0 Å². The van der Waals surface area contributed by atoms with E-state index in [0.29, 0.717) is 5.56 Å². The lowest BCUT2D eigenvalue weighted by molar-refractivity contribution is 0.632. The summed E-state index contributed by atoms with van der Waals surface area (Å²) in [7, 11) is 0. The molecule has 0 unspecified atom stereocenters. The third kappa shape index (κ3) is 1.56. The van der Waals surface area contributed by atoms with E-state index in [0.717, 1.165) is 17.8 Å². The smallest absolute Gasteiger partial charge is 0.146 e. The summed E-state index contributed by atoms with van der Waals surface area (Å²) in [4.78, 5) is 0. The molecule has 1 aromatic carbocycles. The second-order valence-corrected chi connectivity index (χ2v) is 3.66. The Kier molecular flexibility index (Phi) is 2.64. The fourth-order valence-corrected chi connectivity index (χ4v) is 1.80. The normalized spacial score (nSPS) is 10.7. The minimum Gasteiger partial charge on any atom is -0.396 e. The van der Waals surface area contributed by atoms with E-state index < -0.39 is 0 Å². The molecule has 2 N–H and O–H groups in total. The average Bonchev–Trinajstić information content (AvgIpc) is 2.64. The van der Waals surface area contributed by atoms with Gasteiger partial charge in [0, 0.05) is 23.4 Å². The standard InChI is InChI=1S/C12H14FN3/c1-3-16-8(2)10(7-15-16)9-5-4-6-11(13)12(9)14/h4-7H,3,14H2,1-2H3. The summed E-state index contributed by atoms with van der Waals surface area (Å²) in [6, 6.07) is 4.82. The maximum absolute atomic E-state index is 13.3. The van der Waals surface area contributed by atoms with Gasteiger partial charge in [-0.25, -0.2) is 4.39 Å². The number of aryl methyl sites for hydroxylation is 1. The molecule has 2 rings (SSSR count). The van der Waals surface area contributed by atoms with Crippen LogP contribution >= 0.6 is 0 Å². The Morgan fingerprint density at radius 1 is 1.38 bits per heavy atom. The van der Waals surface area contributed by atoms with Gasteiger partial charge in [-0.2, -0.15) is 5.10 Å². The van der Waals surface area contributed by atoms with Crippen molar-refractivity contribution in [2.45, 2.75) is 20.4 Å².